The monoisotopic (exact) mass is 622 g/mol. The molecule has 6 rings (SSSR count). The van der Waals surface area contributed by atoms with E-state index < -0.39 is 11.0 Å². The van der Waals surface area contributed by atoms with Gasteiger partial charge in [-0.25, -0.2) is 4.99 Å². The second-order valence-electron chi connectivity index (χ2n) is 10.5. The number of nitro benzene ring substituents is 1. The number of rotatable bonds is 8. The number of carbonyl (C=O) groups is 1. The number of hydrogen-bond donors (Lipinski definition) is 0. The molecule has 2 aromatic heterocycles. The van der Waals surface area contributed by atoms with Crippen LogP contribution in [0.15, 0.2) is 98.3 Å². The summed E-state index contributed by atoms with van der Waals surface area (Å²) in [7, 11) is 1.58. The molecule has 3 heterocycles. The van der Waals surface area contributed by atoms with Crippen molar-refractivity contribution >= 4 is 39.8 Å². The Bertz CT molecular complexity index is 2170. The number of amides is 1. The van der Waals surface area contributed by atoms with Crippen molar-refractivity contribution in [2.45, 2.75) is 26.8 Å². The average molecular weight is 623 g/mol. The van der Waals surface area contributed by atoms with E-state index in [-0.39, 0.29) is 17.2 Å². The minimum absolute atomic E-state index is 0.0156. The number of carbonyl (C=O) groups excluding carboxylic acids is 1. The smallest absolute Gasteiger partial charge is 0.271 e. The zero-order valence-corrected chi connectivity index (χ0v) is 26.0. The Balaban J connectivity index is 1.54. The van der Waals surface area contributed by atoms with Gasteiger partial charge in [0.05, 0.1) is 27.8 Å². The molecular formula is C34H30N4O6S. The molecule has 1 aliphatic heterocycles. The molecule has 0 N–H and O–H groups in total. The predicted octanol–water partition coefficient (Wildman–Crippen LogP) is 5.43. The van der Waals surface area contributed by atoms with Gasteiger partial charge in [0.1, 0.15) is 23.3 Å². The maximum atomic E-state index is 14.3. The van der Waals surface area contributed by atoms with Crippen LogP contribution < -0.4 is 19.6 Å². The molecule has 0 spiro atoms. The normalized spacial score (nSPS) is 14.8. The standard InChI is InChI=1S/C34H30N4O6S/c1-5-36(6-2)33(40)29-20(3)35-34-37(31(29)30-25-10-8-7-9-21(25)13-17-27(30)43-4)32(39)28(45-34)19-24-16-18-26(44-24)22-11-14-23(15-12-22)38(41)42/h7-19,31H,5-6H2,1-4H3/b28-19+/t31-/m0/s1. The molecule has 1 amide bonds. The Kier molecular flexibility index (Phi) is 7.94. The topological polar surface area (TPSA) is 120 Å². The number of fused-ring (bicyclic) bond motifs is 2. The molecule has 3 aromatic carbocycles. The van der Waals surface area contributed by atoms with Gasteiger partial charge in [-0.3, -0.25) is 24.3 Å². The number of nitro groups is 1. The maximum Gasteiger partial charge on any atom is 0.271 e. The van der Waals surface area contributed by atoms with Crippen molar-refractivity contribution < 1.29 is 18.9 Å². The highest BCUT2D eigenvalue weighted by atomic mass is 32.1. The van der Waals surface area contributed by atoms with E-state index in [0.717, 1.165) is 10.8 Å². The van der Waals surface area contributed by atoms with Gasteiger partial charge < -0.3 is 14.1 Å². The molecule has 0 aliphatic carbocycles. The summed E-state index contributed by atoms with van der Waals surface area (Å²) < 4.78 is 13.8. The van der Waals surface area contributed by atoms with Gasteiger partial charge >= 0.3 is 0 Å². The second kappa shape index (κ2) is 12.0. The Morgan fingerprint density at radius 2 is 1.82 bits per heavy atom. The first kappa shape index (κ1) is 29.8. The molecule has 0 fully saturated rings. The van der Waals surface area contributed by atoms with E-state index >= 15 is 0 Å². The van der Waals surface area contributed by atoms with Crippen molar-refractivity contribution in [1.29, 1.82) is 0 Å². The number of methoxy groups -OCH3 is 1. The fourth-order valence-electron chi connectivity index (χ4n) is 5.75. The molecule has 10 nitrogen and oxygen atoms in total. The van der Waals surface area contributed by atoms with Gasteiger partial charge in [0.15, 0.2) is 4.80 Å². The van der Waals surface area contributed by atoms with Crippen LogP contribution in [-0.4, -0.2) is 40.5 Å². The van der Waals surface area contributed by atoms with Crippen LogP contribution in [0, 0.1) is 10.1 Å². The first-order valence-electron chi connectivity index (χ1n) is 14.5. The Morgan fingerprint density at radius 3 is 2.51 bits per heavy atom. The Labute approximate surface area is 262 Å². The lowest BCUT2D eigenvalue weighted by molar-refractivity contribution is -0.384. The molecule has 0 saturated heterocycles. The molecule has 0 radical (unpaired) electrons. The molecule has 1 aliphatic rings. The van der Waals surface area contributed by atoms with Crippen LogP contribution >= 0.6 is 11.3 Å². The SMILES string of the molecule is CCN(CC)C(=O)C1=C(C)N=c2s/c(=C/c3ccc(-c4ccc([N+](=O)[O-])cc4)o3)c(=O)n2[C@@H]1c1c(OC)ccc2ccccc12. The lowest BCUT2D eigenvalue weighted by Gasteiger charge is -2.30. The number of likely N-dealkylation sites (N-methyl/N-ethyl adjacent to an activating group) is 1. The third-order valence-electron chi connectivity index (χ3n) is 7.99. The minimum Gasteiger partial charge on any atom is -0.496 e. The summed E-state index contributed by atoms with van der Waals surface area (Å²) in [5.74, 6) is 1.31. The molecule has 11 heteroatoms. The van der Waals surface area contributed by atoms with E-state index in [0.29, 0.717) is 62.1 Å². The lowest BCUT2D eigenvalue weighted by Crippen LogP contribution is -2.43. The first-order chi connectivity index (χ1) is 21.7. The zero-order valence-electron chi connectivity index (χ0n) is 25.1. The lowest BCUT2D eigenvalue weighted by atomic mass is 9.90. The molecule has 45 heavy (non-hydrogen) atoms. The van der Waals surface area contributed by atoms with Gasteiger partial charge in [-0.2, -0.15) is 0 Å². The summed E-state index contributed by atoms with van der Waals surface area (Å²) in [4.78, 5) is 45.9. The summed E-state index contributed by atoms with van der Waals surface area (Å²) in [5.41, 5.74) is 2.01. The summed E-state index contributed by atoms with van der Waals surface area (Å²) in [6, 6.07) is 20.4. The number of non-ortho nitro benzene ring substituents is 1. The molecule has 0 unspecified atom stereocenters. The number of benzene rings is 3. The molecule has 228 valence electrons. The second-order valence-corrected chi connectivity index (χ2v) is 11.5. The van der Waals surface area contributed by atoms with Crippen molar-refractivity contribution in [3.63, 3.8) is 0 Å². The third-order valence-corrected chi connectivity index (χ3v) is 8.97. The van der Waals surface area contributed by atoms with Crippen LogP contribution in [0.2, 0.25) is 0 Å². The molecular weight excluding hydrogens is 592 g/mol. The van der Waals surface area contributed by atoms with Gasteiger partial charge in [0.2, 0.25) is 0 Å². The summed E-state index contributed by atoms with van der Waals surface area (Å²) in [6.45, 7) is 6.67. The third kappa shape index (κ3) is 5.25. The summed E-state index contributed by atoms with van der Waals surface area (Å²) in [5, 5.41) is 12.9. The van der Waals surface area contributed by atoms with Crippen molar-refractivity contribution in [3.05, 3.63) is 125 Å². The van der Waals surface area contributed by atoms with E-state index in [1.807, 2.05) is 50.2 Å². The molecule has 1 atom stereocenters. The van der Waals surface area contributed by atoms with Gasteiger partial charge in [-0.1, -0.05) is 41.7 Å². The predicted molar refractivity (Wildman–Crippen MR) is 173 cm³/mol. The zero-order chi connectivity index (χ0) is 31.8. The summed E-state index contributed by atoms with van der Waals surface area (Å²) in [6.07, 6.45) is 1.65. The van der Waals surface area contributed by atoms with E-state index in [4.69, 9.17) is 14.1 Å². The van der Waals surface area contributed by atoms with E-state index in [1.165, 1.54) is 23.5 Å². The van der Waals surface area contributed by atoms with Gasteiger partial charge in [-0.05, 0) is 61.9 Å². The van der Waals surface area contributed by atoms with Crippen LogP contribution in [0.4, 0.5) is 5.69 Å². The number of thiazole rings is 1. The highest BCUT2D eigenvalue weighted by Gasteiger charge is 2.36. The van der Waals surface area contributed by atoms with Crippen LogP contribution in [0.1, 0.15) is 38.1 Å². The highest BCUT2D eigenvalue weighted by molar-refractivity contribution is 7.07. The fourth-order valence-corrected chi connectivity index (χ4v) is 6.77. The molecule has 5 aromatic rings. The molecule has 0 bridgehead atoms. The first-order valence-corrected chi connectivity index (χ1v) is 15.3. The molecule has 0 saturated carbocycles. The van der Waals surface area contributed by atoms with Crippen molar-refractivity contribution in [2.75, 3.05) is 20.2 Å². The highest BCUT2D eigenvalue weighted by Crippen LogP contribution is 2.40. The number of allylic oxidation sites excluding steroid dienone is 1. The van der Waals surface area contributed by atoms with Crippen LogP contribution in [0.3, 0.4) is 0 Å². The van der Waals surface area contributed by atoms with E-state index in [1.54, 1.807) is 53.8 Å². The Morgan fingerprint density at radius 1 is 1.09 bits per heavy atom. The Hall–Kier alpha value is -5.29. The van der Waals surface area contributed by atoms with Crippen LogP contribution in [-0.2, 0) is 4.79 Å². The number of ether oxygens (including phenoxy) is 1. The van der Waals surface area contributed by atoms with Crippen LogP contribution in [0.5, 0.6) is 5.75 Å². The maximum absolute atomic E-state index is 14.3. The number of hydrogen-bond acceptors (Lipinski definition) is 8. The van der Waals surface area contributed by atoms with Gasteiger partial charge in [0.25, 0.3) is 17.2 Å². The summed E-state index contributed by atoms with van der Waals surface area (Å²) >= 11 is 1.22. The quantitative estimate of drug-likeness (QED) is 0.168. The van der Waals surface area contributed by atoms with Crippen molar-refractivity contribution in [2.24, 2.45) is 4.99 Å². The van der Waals surface area contributed by atoms with Crippen molar-refractivity contribution in [1.82, 2.24) is 9.47 Å². The fraction of sp³-hybridized carbons (Fsp3) is 0.206. The van der Waals surface area contributed by atoms with Gasteiger partial charge in [0, 0.05) is 42.4 Å². The number of furan rings is 1. The van der Waals surface area contributed by atoms with E-state index in [9.17, 15) is 19.7 Å². The largest absolute Gasteiger partial charge is 0.496 e. The average Bonchev–Trinajstić information content (AvgIpc) is 3.64. The van der Waals surface area contributed by atoms with Gasteiger partial charge in [-0.15, -0.1) is 0 Å². The number of aromatic nitrogens is 1. The van der Waals surface area contributed by atoms with Crippen LogP contribution in [0.25, 0.3) is 28.2 Å². The minimum atomic E-state index is -0.787. The van der Waals surface area contributed by atoms with E-state index in [2.05, 4.69) is 0 Å². The number of nitrogens with zero attached hydrogens (tertiary/aromatic N) is 4. The van der Waals surface area contributed by atoms with Crippen molar-refractivity contribution in [3.8, 4) is 17.1 Å².